The third-order valence-corrected chi connectivity index (χ3v) is 6.56. The number of hydrogen-bond acceptors (Lipinski definition) is 4. The van der Waals surface area contributed by atoms with Gasteiger partial charge in [0, 0.05) is 44.8 Å². The van der Waals surface area contributed by atoms with Crippen molar-refractivity contribution >= 4 is 28.5 Å². The Balaban J connectivity index is 1.55. The third kappa shape index (κ3) is 4.53. The van der Waals surface area contributed by atoms with Gasteiger partial charge in [-0.2, -0.15) is 0 Å². The number of rotatable bonds is 6. The molecule has 0 spiro atoms. The van der Waals surface area contributed by atoms with Crippen LogP contribution in [0, 0.1) is 11.7 Å². The first-order valence-electron chi connectivity index (χ1n) is 11.3. The summed E-state index contributed by atoms with van der Waals surface area (Å²) < 4.78 is 20.4. The molecule has 0 unspecified atom stereocenters. The number of ether oxygens (including phenoxy) is 1. The summed E-state index contributed by atoms with van der Waals surface area (Å²) in [5.74, 6) is -0.927. The molecule has 1 N–H and O–H groups in total. The highest BCUT2D eigenvalue weighted by Gasteiger charge is 2.28. The van der Waals surface area contributed by atoms with E-state index in [1.165, 1.54) is 26.3 Å². The average Bonchev–Trinajstić information content (AvgIpc) is 3.19. The third-order valence-electron chi connectivity index (χ3n) is 6.56. The predicted octanol–water partition coefficient (Wildman–Crippen LogP) is 3.35. The van der Waals surface area contributed by atoms with E-state index in [9.17, 15) is 18.8 Å². The van der Waals surface area contributed by atoms with Gasteiger partial charge in [-0.25, -0.2) is 4.39 Å². The second-order valence-electron chi connectivity index (χ2n) is 8.70. The van der Waals surface area contributed by atoms with Crippen molar-refractivity contribution in [2.45, 2.75) is 19.3 Å². The number of aryl methyl sites for hydroxylation is 1. The molecule has 1 fully saturated rings. The van der Waals surface area contributed by atoms with Crippen molar-refractivity contribution in [1.82, 2.24) is 14.8 Å². The molecule has 7 nitrogen and oxygen atoms in total. The normalized spacial score (nSPS) is 14.3. The number of fused-ring (bicyclic) bond motifs is 1. The van der Waals surface area contributed by atoms with E-state index in [1.54, 1.807) is 34.8 Å². The molecule has 2 aromatic carbocycles. The van der Waals surface area contributed by atoms with Gasteiger partial charge in [0.1, 0.15) is 11.6 Å². The Kier molecular flexibility index (Phi) is 6.68. The lowest BCUT2D eigenvalue weighted by Gasteiger charge is -2.32. The molecule has 0 radical (unpaired) electrons. The number of amides is 2. The number of carbonyl (C=O) groups is 3. The van der Waals surface area contributed by atoms with E-state index in [0.29, 0.717) is 41.2 Å². The summed E-state index contributed by atoms with van der Waals surface area (Å²) in [4.78, 5) is 39.8. The van der Waals surface area contributed by atoms with Gasteiger partial charge in [0.2, 0.25) is 0 Å². The fourth-order valence-corrected chi connectivity index (χ4v) is 4.63. The zero-order chi connectivity index (χ0) is 24.4. The van der Waals surface area contributed by atoms with Crippen LogP contribution in [0.25, 0.3) is 10.9 Å². The molecule has 178 valence electrons. The van der Waals surface area contributed by atoms with Crippen LogP contribution in [-0.4, -0.2) is 54.3 Å². The minimum absolute atomic E-state index is 0.166. The molecule has 1 aliphatic heterocycles. The smallest absolute Gasteiger partial charge is 0.292 e. The minimum atomic E-state index is -0.709. The van der Waals surface area contributed by atoms with Crippen molar-refractivity contribution < 1.29 is 23.5 Å². The van der Waals surface area contributed by atoms with E-state index in [0.717, 1.165) is 24.8 Å². The number of nitrogens with zero attached hydrogens (tertiary/aromatic N) is 2. The molecule has 2 amide bonds. The van der Waals surface area contributed by atoms with Gasteiger partial charge in [0.25, 0.3) is 17.6 Å². The van der Waals surface area contributed by atoms with Gasteiger partial charge in [-0.05, 0) is 48.9 Å². The highest BCUT2D eigenvalue weighted by molar-refractivity contribution is 6.45. The number of piperidine rings is 1. The predicted molar refractivity (Wildman–Crippen MR) is 127 cm³/mol. The number of aromatic nitrogens is 1. The van der Waals surface area contributed by atoms with Crippen LogP contribution in [0.2, 0.25) is 0 Å². The van der Waals surface area contributed by atoms with E-state index in [2.05, 4.69) is 5.32 Å². The number of likely N-dealkylation sites (tertiary alicyclic amines) is 1. The Morgan fingerprint density at radius 3 is 2.38 bits per heavy atom. The van der Waals surface area contributed by atoms with Gasteiger partial charge in [-0.15, -0.1) is 0 Å². The summed E-state index contributed by atoms with van der Waals surface area (Å²) >= 11 is 0. The number of benzene rings is 2. The summed E-state index contributed by atoms with van der Waals surface area (Å²) in [7, 11) is 4.69. The zero-order valence-electron chi connectivity index (χ0n) is 19.6. The second-order valence-corrected chi connectivity index (χ2v) is 8.70. The van der Waals surface area contributed by atoms with Crippen molar-refractivity contribution in [2.75, 3.05) is 27.2 Å². The summed E-state index contributed by atoms with van der Waals surface area (Å²) in [5.41, 5.74) is 2.39. The second kappa shape index (κ2) is 9.67. The van der Waals surface area contributed by atoms with Crippen LogP contribution in [0.15, 0.2) is 42.6 Å². The molecule has 1 aromatic heterocycles. The lowest BCUT2D eigenvalue weighted by molar-refractivity contribution is -0.116. The molecule has 0 aliphatic carbocycles. The Hall–Kier alpha value is -3.68. The Morgan fingerprint density at radius 1 is 1.09 bits per heavy atom. The minimum Gasteiger partial charge on any atom is -0.496 e. The van der Waals surface area contributed by atoms with Gasteiger partial charge < -0.3 is 19.5 Å². The maximum Gasteiger partial charge on any atom is 0.292 e. The van der Waals surface area contributed by atoms with Crippen LogP contribution >= 0.6 is 0 Å². The van der Waals surface area contributed by atoms with Crippen LogP contribution in [0.1, 0.15) is 39.1 Å². The van der Waals surface area contributed by atoms with Gasteiger partial charge >= 0.3 is 0 Å². The van der Waals surface area contributed by atoms with E-state index >= 15 is 0 Å². The highest BCUT2D eigenvalue weighted by atomic mass is 19.1. The van der Waals surface area contributed by atoms with E-state index in [4.69, 9.17) is 4.74 Å². The van der Waals surface area contributed by atoms with Gasteiger partial charge in [-0.1, -0.05) is 12.1 Å². The largest absolute Gasteiger partial charge is 0.496 e. The molecule has 0 saturated carbocycles. The van der Waals surface area contributed by atoms with Crippen LogP contribution in [0.3, 0.4) is 0 Å². The van der Waals surface area contributed by atoms with Crippen LogP contribution in [0.5, 0.6) is 5.75 Å². The number of hydrogen-bond donors (Lipinski definition) is 1. The average molecular weight is 466 g/mol. The molecule has 3 aromatic rings. The van der Waals surface area contributed by atoms with Crippen LogP contribution in [-0.2, 0) is 18.3 Å². The number of carbonyl (C=O) groups excluding carboxylic acids is 3. The quantitative estimate of drug-likeness (QED) is 0.447. The fraction of sp³-hybridized carbons (Fsp3) is 0.346. The standard InChI is InChI=1S/C26H28FN3O4/c1-28-25(32)24(31)21-15-29(2)22-14-23(34-3)20(13-19(21)22)26(33)30-10-8-17(9-11-30)12-16-4-6-18(27)7-5-16/h4-7,13-15,17H,8-12H2,1-3H3,(H,28,32). The van der Waals surface area contributed by atoms with E-state index in [1.807, 2.05) is 12.1 Å². The Morgan fingerprint density at radius 2 is 1.76 bits per heavy atom. The van der Waals surface area contributed by atoms with Crippen molar-refractivity contribution in [3.05, 3.63) is 65.1 Å². The van der Waals surface area contributed by atoms with Crippen molar-refractivity contribution in [3.8, 4) is 5.75 Å². The maximum atomic E-state index is 13.4. The lowest BCUT2D eigenvalue weighted by Crippen LogP contribution is -2.39. The molecule has 4 rings (SSSR count). The topological polar surface area (TPSA) is 80.6 Å². The number of ketones is 1. The first-order chi connectivity index (χ1) is 16.3. The molecule has 1 saturated heterocycles. The summed E-state index contributed by atoms with van der Waals surface area (Å²) in [6, 6.07) is 9.95. The van der Waals surface area contributed by atoms with Crippen LogP contribution in [0.4, 0.5) is 4.39 Å². The Bertz CT molecular complexity index is 1240. The highest BCUT2D eigenvalue weighted by Crippen LogP contribution is 2.32. The number of halogens is 1. The molecular weight excluding hydrogens is 437 g/mol. The summed E-state index contributed by atoms with van der Waals surface area (Å²) in [6.07, 6.45) is 4.14. The molecule has 2 heterocycles. The van der Waals surface area contributed by atoms with Crippen LogP contribution < -0.4 is 10.1 Å². The monoisotopic (exact) mass is 465 g/mol. The molecule has 8 heteroatoms. The fourth-order valence-electron chi connectivity index (χ4n) is 4.63. The summed E-state index contributed by atoms with van der Waals surface area (Å²) in [6.45, 7) is 1.20. The zero-order valence-corrected chi connectivity index (χ0v) is 19.6. The molecular formula is C26H28FN3O4. The number of nitrogens with one attached hydrogen (secondary N) is 1. The van der Waals surface area contributed by atoms with Gasteiger partial charge in [-0.3, -0.25) is 14.4 Å². The SMILES string of the molecule is CNC(=O)C(=O)c1cn(C)c2cc(OC)c(C(=O)N3CCC(Cc4ccc(F)cc4)CC3)cc12. The number of likely N-dealkylation sites (N-methyl/N-ethyl adjacent to an activating group) is 1. The van der Waals surface area contributed by atoms with E-state index < -0.39 is 11.7 Å². The lowest BCUT2D eigenvalue weighted by atomic mass is 9.90. The van der Waals surface area contributed by atoms with Crippen molar-refractivity contribution in [1.29, 1.82) is 0 Å². The molecule has 1 aliphatic rings. The first-order valence-corrected chi connectivity index (χ1v) is 11.3. The van der Waals surface area contributed by atoms with Gasteiger partial charge in [0.15, 0.2) is 0 Å². The summed E-state index contributed by atoms with van der Waals surface area (Å²) in [5, 5.41) is 2.89. The maximum absolute atomic E-state index is 13.4. The van der Waals surface area contributed by atoms with Crippen molar-refractivity contribution in [3.63, 3.8) is 0 Å². The molecule has 34 heavy (non-hydrogen) atoms. The molecule has 0 bridgehead atoms. The number of methoxy groups -OCH3 is 1. The number of Topliss-reactive ketones (excluding diaryl/α,β-unsaturated/α-hetero) is 1. The first kappa shape index (κ1) is 23.5. The van der Waals surface area contributed by atoms with Gasteiger partial charge in [0.05, 0.1) is 23.8 Å². The van der Waals surface area contributed by atoms with Crippen molar-refractivity contribution in [2.24, 2.45) is 13.0 Å². The Labute approximate surface area is 197 Å². The molecule has 0 atom stereocenters. The van der Waals surface area contributed by atoms with E-state index in [-0.39, 0.29) is 17.3 Å².